The van der Waals surface area contributed by atoms with Crippen LogP contribution in [0.25, 0.3) is 0 Å². The van der Waals surface area contributed by atoms with E-state index in [1.165, 1.54) is 0 Å². The highest BCUT2D eigenvalue weighted by Gasteiger charge is 2.09. The molecule has 3 nitrogen and oxygen atoms in total. The minimum Gasteiger partial charge on any atom is -0.497 e. The fourth-order valence-electron chi connectivity index (χ4n) is 1.81. The highest BCUT2D eigenvalue weighted by atomic mass is 35.5. The summed E-state index contributed by atoms with van der Waals surface area (Å²) in [6.45, 7) is 0. The van der Waals surface area contributed by atoms with Gasteiger partial charge in [-0.25, -0.2) is 0 Å². The van der Waals surface area contributed by atoms with E-state index < -0.39 is 10.8 Å². The summed E-state index contributed by atoms with van der Waals surface area (Å²) in [7, 11) is 0.502. The average molecular weight is 310 g/mol. The Morgan fingerprint density at radius 3 is 2.50 bits per heavy atom. The zero-order valence-electron chi connectivity index (χ0n) is 11.1. The lowest BCUT2D eigenvalue weighted by Crippen LogP contribution is -2.02. The molecule has 0 aliphatic carbocycles. The van der Waals surface area contributed by atoms with Crippen LogP contribution in [0.2, 0.25) is 5.02 Å². The molecule has 0 amide bonds. The fraction of sp³-hybridized carbons (Fsp3) is 0.200. The van der Waals surface area contributed by atoms with Crippen molar-refractivity contribution in [1.82, 2.24) is 0 Å². The Balaban J connectivity index is 2.00. The second-order valence-corrected chi connectivity index (χ2v) is 6.28. The van der Waals surface area contributed by atoms with Gasteiger partial charge in [0.2, 0.25) is 0 Å². The Morgan fingerprint density at radius 1 is 1.20 bits per heavy atom. The van der Waals surface area contributed by atoms with Crippen LogP contribution in [0.1, 0.15) is 5.56 Å². The van der Waals surface area contributed by atoms with Gasteiger partial charge < -0.3 is 10.5 Å². The molecule has 2 aromatic rings. The number of hydrogen-bond acceptors (Lipinski definition) is 3. The molecule has 0 aliphatic heterocycles. The number of methoxy groups -OCH3 is 1. The van der Waals surface area contributed by atoms with Gasteiger partial charge in [0.25, 0.3) is 0 Å². The Bertz CT molecular complexity index is 614. The standard InChI is InChI=1S/C15H16ClNO2S/c1-19-13-5-2-11(3-6-13)8-9-20(18)15-7-4-12(17)10-14(15)16/h2-7,10H,8-9,17H2,1H3. The molecule has 0 bridgehead atoms. The first kappa shape index (κ1) is 14.9. The monoisotopic (exact) mass is 309 g/mol. The predicted molar refractivity (Wildman–Crippen MR) is 83.8 cm³/mol. The zero-order chi connectivity index (χ0) is 14.5. The topological polar surface area (TPSA) is 52.3 Å². The average Bonchev–Trinajstić information content (AvgIpc) is 2.45. The van der Waals surface area contributed by atoms with Crippen molar-refractivity contribution in [1.29, 1.82) is 0 Å². The van der Waals surface area contributed by atoms with Crippen LogP contribution in [0.3, 0.4) is 0 Å². The quantitative estimate of drug-likeness (QED) is 0.862. The third kappa shape index (κ3) is 3.74. The molecule has 0 spiro atoms. The van der Waals surface area contributed by atoms with Gasteiger partial charge in [0.1, 0.15) is 5.75 Å². The molecule has 106 valence electrons. The van der Waals surface area contributed by atoms with E-state index >= 15 is 0 Å². The lowest BCUT2D eigenvalue weighted by atomic mass is 10.2. The van der Waals surface area contributed by atoms with Crippen molar-refractivity contribution >= 4 is 28.1 Å². The van der Waals surface area contributed by atoms with Crippen molar-refractivity contribution in [2.45, 2.75) is 11.3 Å². The first-order chi connectivity index (χ1) is 9.60. The lowest BCUT2D eigenvalue weighted by molar-refractivity contribution is 0.414. The van der Waals surface area contributed by atoms with E-state index in [0.717, 1.165) is 17.7 Å². The highest BCUT2D eigenvalue weighted by Crippen LogP contribution is 2.23. The maximum atomic E-state index is 12.2. The molecule has 0 heterocycles. The summed E-state index contributed by atoms with van der Waals surface area (Å²) >= 11 is 6.06. The summed E-state index contributed by atoms with van der Waals surface area (Å²) in [6.07, 6.45) is 0.720. The summed E-state index contributed by atoms with van der Waals surface area (Å²) in [6, 6.07) is 12.8. The van der Waals surface area contributed by atoms with Gasteiger partial charge in [-0.1, -0.05) is 23.7 Å². The maximum absolute atomic E-state index is 12.2. The molecule has 20 heavy (non-hydrogen) atoms. The molecule has 2 N–H and O–H groups in total. The van der Waals surface area contributed by atoms with E-state index in [-0.39, 0.29) is 0 Å². The first-order valence-electron chi connectivity index (χ1n) is 6.16. The molecule has 0 saturated heterocycles. The van der Waals surface area contributed by atoms with Gasteiger partial charge >= 0.3 is 0 Å². The largest absolute Gasteiger partial charge is 0.497 e. The van der Waals surface area contributed by atoms with Crippen LogP contribution < -0.4 is 10.5 Å². The number of nitrogen functional groups attached to an aromatic ring is 1. The van der Waals surface area contributed by atoms with Gasteiger partial charge in [0.15, 0.2) is 0 Å². The van der Waals surface area contributed by atoms with Gasteiger partial charge in [-0.05, 0) is 42.3 Å². The van der Waals surface area contributed by atoms with Crippen LogP contribution in [0.4, 0.5) is 5.69 Å². The molecular weight excluding hydrogens is 294 g/mol. The van der Waals surface area contributed by atoms with Gasteiger partial charge in [0.05, 0.1) is 27.8 Å². The summed E-state index contributed by atoms with van der Waals surface area (Å²) < 4.78 is 17.3. The molecule has 5 heteroatoms. The molecular formula is C15H16ClNO2S. The SMILES string of the molecule is COc1ccc(CCS(=O)c2ccc(N)cc2Cl)cc1. The van der Waals surface area contributed by atoms with Crippen molar-refractivity contribution in [3.05, 3.63) is 53.1 Å². The Labute approximate surface area is 126 Å². The minimum atomic E-state index is -1.13. The van der Waals surface area contributed by atoms with Gasteiger partial charge in [-0.3, -0.25) is 4.21 Å². The lowest BCUT2D eigenvalue weighted by Gasteiger charge is -2.06. The van der Waals surface area contributed by atoms with Crippen LogP contribution in [-0.2, 0) is 17.2 Å². The number of nitrogens with two attached hydrogens (primary N) is 1. The van der Waals surface area contributed by atoms with Crippen LogP contribution in [0.5, 0.6) is 5.75 Å². The molecule has 0 aliphatic rings. The van der Waals surface area contributed by atoms with E-state index in [1.807, 2.05) is 24.3 Å². The van der Waals surface area contributed by atoms with Crippen molar-refractivity contribution in [2.24, 2.45) is 0 Å². The first-order valence-corrected chi connectivity index (χ1v) is 7.86. The molecule has 2 rings (SSSR count). The molecule has 0 fully saturated rings. The summed E-state index contributed by atoms with van der Waals surface area (Å²) in [5.41, 5.74) is 7.32. The van der Waals surface area contributed by atoms with Crippen LogP contribution in [-0.4, -0.2) is 17.1 Å². The van der Waals surface area contributed by atoms with Crippen molar-refractivity contribution in [3.8, 4) is 5.75 Å². The van der Waals surface area contributed by atoms with E-state index in [9.17, 15) is 4.21 Å². The number of ether oxygens (including phenoxy) is 1. The number of hydrogen-bond donors (Lipinski definition) is 1. The molecule has 2 aromatic carbocycles. The normalized spacial score (nSPS) is 12.1. The van der Waals surface area contributed by atoms with E-state index in [2.05, 4.69) is 0 Å². The fourth-order valence-corrected chi connectivity index (χ4v) is 3.40. The zero-order valence-corrected chi connectivity index (χ0v) is 12.7. The smallest absolute Gasteiger partial charge is 0.118 e. The molecule has 0 saturated carbocycles. The van der Waals surface area contributed by atoms with Crippen LogP contribution >= 0.6 is 11.6 Å². The Hall–Kier alpha value is -1.52. The highest BCUT2D eigenvalue weighted by molar-refractivity contribution is 7.85. The van der Waals surface area contributed by atoms with Crippen LogP contribution in [0, 0.1) is 0 Å². The number of halogens is 1. The summed E-state index contributed by atoms with van der Waals surface area (Å²) in [4.78, 5) is 0.634. The number of anilines is 1. The number of rotatable bonds is 5. The van der Waals surface area contributed by atoms with Gasteiger partial charge in [-0.2, -0.15) is 0 Å². The summed E-state index contributed by atoms with van der Waals surface area (Å²) in [5.74, 6) is 1.34. The third-order valence-electron chi connectivity index (χ3n) is 2.94. The second-order valence-electron chi connectivity index (χ2n) is 4.34. The van der Waals surface area contributed by atoms with E-state index in [1.54, 1.807) is 25.3 Å². The molecule has 0 radical (unpaired) electrons. The third-order valence-corrected chi connectivity index (χ3v) is 4.78. The molecule has 1 unspecified atom stereocenters. The van der Waals surface area contributed by atoms with Crippen molar-refractivity contribution in [2.75, 3.05) is 18.6 Å². The van der Waals surface area contributed by atoms with Gasteiger partial charge in [0, 0.05) is 11.4 Å². The van der Waals surface area contributed by atoms with Gasteiger partial charge in [-0.15, -0.1) is 0 Å². The van der Waals surface area contributed by atoms with Crippen molar-refractivity contribution in [3.63, 3.8) is 0 Å². The Morgan fingerprint density at radius 2 is 1.90 bits per heavy atom. The number of benzene rings is 2. The maximum Gasteiger partial charge on any atom is 0.118 e. The summed E-state index contributed by atoms with van der Waals surface area (Å²) in [5, 5.41) is 0.457. The predicted octanol–water partition coefficient (Wildman–Crippen LogP) is 3.28. The number of aryl methyl sites for hydroxylation is 1. The minimum absolute atomic E-state index is 0.457. The molecule has 0 aromatic heterocycles. The van der Waals surface area contributed by atoms with Crippen LogP contribution in [0.15, 0.2) is 47.4 Å². The van der Waals surface area contributed by atoms with E-state index in [0.29, 0.717) is 21.4 Å². The molecule has 1 atom stereocenters. The van der Waals surface area contributed by atoms with E-state index in [4.69, 9.17) is 22.1 Å². The second kappa shape index (κ2) is 6.77. The Kier molecular flexibility index (Phi) is 5.04. The van der Waals surface area contributed by atoms with Crippen molar-refractivity contribution < 1.29 is 8.95 Å².